The maximum absolute atomic E-state index is 14.8. The van der Waals surface area contributed by atoms with Crippen molar-refractivity contribution in [2.75, 3.05) is 7.11 Å². The highest BCUT2D eigenvalue weighted by Gasteiger charge is 2.43. The van der Waals surface area contributed by atoms with E-state index in [-0.39, 0.29) is 28.9 Å². The van der Waals surface area contributed by atoms with E-state index in [1.54, 1.807) is 61.7 Å². The van der Waals surface area contributed by atoms with Gasteiger partial charge in [-0.05, 0) is 35.9 Å². The molecule has 31 heavy (non-hydrogen) atoms. The molecule has 0 aliphatic carbocycles. The second kappa shape index (κ2) is 7.40. The van der Waals surface area contributed by atoms with Crippen molar-refractivity contribution in [1.29, 1.82) is 0 Å². The average molecular weight is 415 g/mol. The van der Waals surface area contributed by atoms with Crippen LogP contribution in [0.25, 0.3) is 11.0 Å². The zero-order valence-electron chi connectivity index (χ0n) is 16.7. The van der Waals surface area contributed by atoms with Crippen LogP contribution in [0.5, 0.6) is 5.75 Å². The molecule has 0 spiro atoms. The fourth-order valence-corrected chi connectivity index (χ4v) is 4.08. The summed E-state index contributed by atoms with van der Waals surface area (Å²) in [5, 5.41) is 0.363. The third kappa shape index (κ3) is 3.08. The molecular weight excluding hydrogens is 397 g/mol. The first kappa shape index (κ1) is 19.1. The van der Waals surface area contributed by atoms with E-state index < -0.39 is 17.8 Å². The summed E-state index contributed by atoms with van der Waals surface area (Å²) in [6, 6.07) is 19.3. The smallest absolute Gasteiger partial charge is 0.291 e. The van der Waals surface area contributed by atoms with Crippen molar-refractivity contribution in [1.82, 2.24) is 4.90 Å². The Hall–Kier alpha value is -3.93. The highest BCUT2D eigenvalue weighted by molar-refractivity contribution is 5.99. The van der Waals surface area contributed by atoms with Crippen LogP contribution < -0.4 is 10.2 Å². The maximum Gasteiger partial charge on any atom is 0.291 e. The van der Waals surface area contributed by atoms with Crippen molar-refractivity contribution < 1.29 is 18.3 Å². The first-order valence-corrected chi connectivity index (χ1v) is 9.82. The Morgan fingerprint density at radius 1 is 0.968 bits per heavy atom. The third-order valence-electron chi connectivity index (χ3n) is 5.58. The van der Waals surface area contributed by atoms with Gasteiger partial charge in [-0.1, -0.05) is 42.5 Å². The zero-order valence-corrected chi connectivity index (χ0v) is 16.7. The van der Waals surface area contributed by atoms with Crippen molar-refractivity contribution in [2.24, 2.45) is 0 Å². The van der Waals surface area contributed by atoms with Crippen molar-refractivity contribution in [3.8, 4) is 5.75 Å². The molecule has 1 amide bonds. The Morgan fingerprint density at radius 2 is 1.68 bits per heavy atom. The summed E-state index contributed by atoms with van der Waals surface area (Å²) in [5.74, 6) is -0.277. The van der Waals surface area contributed by atoms with Crippen LogP contribution in [0.2, 0.25) is 0 Å². The fourth-order valence-electron chi connectivity index (χ4n) is 4.08. The Labute approximate surface area is 177 Å². The number of halogens is 1. The number of carbonyl (C=O) groups is 1. The molecule has 3 aromatic carbocycles. The van der Waals surface area contributed by atoms with Crippen LogP contribution in [0, 0.1) is 5.82 Å². The van der Waals surface area contributed by atoms with Gasteiger partial charge in [0.1, 0.15) is 17.1 Å². The van der Waals surface area contributed by atoms with E-state index in [9.17, 15) is 14.0 Å². The molecule has 5 nitrogen and oxygen atoms in total. The van der Waals surface area contributed by atoms with Gasteiger partial charge in [-0.3, -0.25) is 9.59 Å². The molecule has 1 aromatic heterocycles. The van der Waals surface area contributed by atoms with Gasteiger partial charge in [-0.15, -0.1) is 0 Å². The third-order valence-corrected chi connectivity index (χ3v) is 5.58. The molecule has 154 valence electrons. The molecule has 0 N–H and O–H groups in total. The Morgan fingerprint density at radius 3 is 2.42 bits per heavy atom. The molecule has 1 aliphatic heterocycles. The summed E-state index contributed by atoms with van der Waals surface area (Å²) in [6.07, 6.45) is 0. The van der Waals surface area contributed by atoms with E-state index in [0.717, 1.165) is 5.56 Å². The maximum atomic E-state index is 14.8. The fraction of sp³-hybridized carbons (Fsp3) is 0.120. The molecular formula is C25H18FNO4. The normalized spacial score (nSPS) is 15.4. The van der Waals surface area contributed by atoms with E-state index in [0.29, 0.717) is 16.7 Å². The number of rotatable bonds is 4. The van der Waals surface area contributed by atoms with Gasteiger partial charge in [0.25, 0.3) is 5.91 Å². The Kier molecular flexibility index (Phi) is 4.55. The lowest BCUT2D eigenvalue weighted by atomic mass is 9.98. The van der Waals surface area contributed by atoms with E-state index in [4.69, 9.17) is 9.15 Å². The second-order valence-electron chi connectivity index (χ2n) is 7.38. The number of fused-ring (bicyclic) bond motifs is 2. The number of hydrogen-bond acceptors (Lipinski definition) is 4. The number of nitrogens with zero attached hydrogens (tertiary/aromatic N) is 1. The standard InChI is InChI=1S/C25H18FNO4/c1-30-16-12-10-15(11-13-16)14-27-22(17-6-2-4-8-19(17)26)21-23(28)18-7-3-5-9-20(18)31-24(21)25(27)29/h2-13,22H,14H2,1H3/t22-/m0/s1. The molecule has 0 radical (unpaired) electrons. The summed E-state index contributed by atoms with van der Waals surface area (Å²) < 4.78 is 25.9. The number of benzene rings is 3. The lowest BCUT2D eigenvalue weighted by Gasteiger charge is -2.25. The second-order valence-corrected chi connectivity index (χ2v) is 7.38. The minimum absolute atomic E-state index is 0.0366. The van der Waals surface area contributed by atoms with Gasteiger partial charge in [0, 0.05) is 12.1 Å². The van der Waals surface area contributed by atoms with Crippen LogP contribution in [0.4, 0.5) is 4.39 Å². The highest BCUT2D eigenvalue weighted by atomic mass is 19.1. The molecule has 5 rings (SSSR count). The number of hydrogen-bond donors (Lipinski definition) is 0. The molecule has 6 heteroatoms. The topological polar surface area (TPSA) is 59.8 Å². The Balaban J connectivity index is 1.70. The van der Waals surface area contributed by atoms with Crippen LogP contribution >= 0.6 is 0 Å². The van der Waals surface area contributed by atoms with E-state index in [1.165, 1.54) is 11.0 Å². The van der Waals surface area contributed by atoms with Crippen LogP contribution in [0.3, 0.4) is 0 Å². The monoisotopic (exact) mass is 415 g/mol. The molecule has 0 saturated carbocycles. The SMILES string of the molecule is COc1ccc(CN2C(=O)c3oc4ccccc4c(=O)c3[C@@H]2c2ccccc2F)cc1. The molecule has 0 saturated heterocycles. The zero-order chi connectivity index (χ0) is 21.5. The lowest BCUT2D eigenvalue weighted by Crippen LogP contribution is -2.29. The van der Waals surface area contributed by atoms with E-state index >= 15 is 0 Å². The van der Waals surface area contributed by atoms with Crippen LogP contribution in [-0.4, -0.2) is 17.9 Å². The van der Waals surface area contributed by atoms with Crippen LogP contribution in [0.15, 0.2) is 82.0 Å². The van der Waals surface area contributed by atoms with Gasteiger partial charge in [-0.25, -0.2) is 4.39 Å². The summed E-state index contributed by atoms with van der Waals surface area (Å²) in [4.78, 5) is 28.2. The molecule has 0 unspecified atom stereocenters. The van der Waals surface area contributed by atoms with Crippen LogP contribution in [0.1, 0.15) is 33.3 Å². The minimum Gasteiger partial charge on any atom is -0.497 e. The van der Waals surface area contributed by atoms with Crippen molar-refractivity contribution >= 4 is 16.9 Å². The minimum atomic E-state index is -0.883. The summed E-state index contributed by atoms with van der Waals surface area (Å²) in [7, 11) is 1.58. The van der Waals surface area contributed by atoms with Gasteiger partial charge < -0.3 is 14.1 Å². The van der Waals surface area contributed by atoms with Crippen molar-refractivity contribution in [3.05, 3.63) is 111 Å². The quantitative estimate of drug-likeness (QED) is 0.485. The van der Waals surface area contributed by atoms with Gasteiger partial charge in [-0.2, -0.15) is 0 Å². The average Bonchev–Trinajstić information content (AvgIpc) is 3.06. The molecule has 1 aliphatic rings. The number of carbonyl (C=O) groups excluding carboxylic acids is 1. The van der Waals surface area contributed by atoms with Crippen molar-refractivity contribution in [2.45, 2.75) is 12.6 Å². The summed E-state index contributed by atoms with van der Waals surface area (Å²) in [6.45, 7) is 0.182. The highest BCUT2D eigenvalue weighted by Crippen LogP contribution is 2.40. The largest absolute Gasteiger partial charge is 0.497 e. The molecule has 0 bridgehead atoms. The summed E-state index contributed by atoms with van der Waals surface area (Å²) in [5.41, 5.74) is 1.25. The molecule has 0 fully saturated rings. The number of methoxy groups -OCH3 is 1. The molecule has 4 aromatic rings. The first-order valence-electron chi connectivity index (χ1n) is 9.82. The van der Waals surface area contributed by atoms with Crippen molar-refractivity contribution in [3.63, 3.8) is 0 Å². The van der Waals surface area contributed by atoms with Gasteiger partial charge in [0.15, 0.2) is 5.43 Å². The Bertz CT molecular complexity index is 1360. The molecule has 1 atom stereocenters. The summed E-state index contributed by atoms with van der Waals surface area (Å²) >= 11 is 0. The van der Waals surface area contributed by atoms with Gasteiger partial charge >= 0.3 is 0 Å². The van der Waals surface area contributed by atoms with Gasteiger partial charge in [0.2, 0.25) is 5.76 Å². The van der Waals surface area contributed by atoms with Gasteiger partial charge in [0.05, 0.1) is 24.1 Å². The molecule has 2 heterocycles. The lowest BCUT2D eigenvalue weighted by molar-refractivity contribution is 0.0712. The number of para-hydroxylation sites is 1. The van der Waals surface area contributed by atoms with E-state index in [1.807, 2.05) is 12.1 Å². The first-order chi connectivity index (χ1) is 15.1. The predicted octanol–water partition coefficient (Wildman–Crippen LogP) is 4.69. The van der Waals surface area contributed by atoms with E-state index in [2.05, 4.69) is 0 Å². The number of ether oxygens (including phenoxy) is 1. The predicted molar refractivity (Wildman–Crippen MR) is 114 cm³/mol. The van der Waals surface area contributed by atoms with Crippen LogP contribution in [-0.2, 0) is 6.54 Å². The number of amides is 1.